The average Bonchev–Trinajstić information content (AvgIpc) is 2.58. The van der Waals surface area contributed by atoms with Crippen LogP contribution < -0.4 is 5.32 Å². The highest BCUT2D eigenvalue weighted by Crippen LogP contribution is 1.98. The molecule has 0 aromatic carbocycles. The van der Waals surface area contributed by atoms with E-state index in [1.54, 1.807) is 0 Å². The summed E-state index contributed by atoms with van der Waals surface area (Å²) in [7, 11) is 1.93. The van der Waals surface area contributed by atoms with Crippen molar-refractivity contribution in [3.05, 3.63) is 30.6 Å². The lowest BCUT2D eigenvalue weighted by Gasteiger charge is -2.00. The van der Waals surface area contributed by atoms with Crippen LogP contribution in [-0.2, 0) is 13.6 Å². The highest BCUT2D eigenvalue weighted by Gasteiger charge is 1.94. The third kappa shape index (κ3) is 4.48. The van der Waals surface area contributed by atoms with Crippen molar-refractivity contribution in [1.29, 1.82) is 0 Å². The summed E-state index contributed by atoms with van der Waals surface area (Å²) < 4.78 is 1.82. The van der Waals surface area contributed by atoms with E-state index in [2.05, 4.69) is 17.0 Å². The van der Waals surface area contributed by atoms with Gasteiger partial charge in [-0.25, -0.2) is 0 Å². The first kappa shape index (κ1) is 11.3. The molecule has 0 bridgehead atoms. The van der Waals surface area contributed by atoms with Gasteiger partial charge in [-0.3, -0.25) is 4.68 Å². The Morgan fingerprint density at radius 3 is 3.21 bits per heavy atom. The summed E-state index contributed by atoms with van der Waals surface area (Å²) in [6, 6.07) is 2.03. The van der Waals surface area contributed by atoms with Crippen LogP contribution in [0.15, 0.2) is 24.9 Å². The van der Waals surface area contributed by atoms with E-state index < -0.39 is 0 Å². The lowest BCUT2D eigenvalue weighted by atomic mass is 10.4. The van der Waals surface area contributed by atoms with Crippen LogP contribution in [0.3, 0.4) is 0 Å². The predicted molar refractivity (Wildman–Crippen MR) is 62.4 cm³/mol. The third-order valence-corrected chi connectivity index (χ3v) is 2.70. The molecule has 3 nitrogen and oxygen atoms in total. The molecule has 78 valence electrons. The zero-order chi connectivity index (χ0) is 10.2. The molecule has 0 unspecified atom stereocenters. The van der Waals surface area contributed by atoms with E-state index in [0.717, 1.165) is 30.3 Å². The molecule has 1 aromatic rings. The molecule has 1 aromatic heterocycles. The second-order valence-electron chi connectivity index (χ2n) is 3.02. The van der Waals surface area contributed by atoms with Gasteiger partial charge in [-0.1, -0.05) is 6.08 Å². The fourth-order valence-corrected chi connectivity index (χ4v) is 1.71. The van der Waals surface area contributed by atoms with Gasteiger partial charge in [-0.05, 0) is 6.07 Å². The highest BCUT2D eigenvalue weighted by atomic mass is 32.2. The number of thioether (sulfide) groups is 1. The number of nitrogens with one attached hydrogen (secondary N) is 1. The zero-order valence-corrected chi connectivity index (χ0v) is 9.39. The molecule has 0 radical (unpaired) electrons. The highest BCUT2D eigenvalue weighted by molar-refractivity contribution is 7.99. The maximum atomic E-state index is 4.28. The van der Waals surface area contributed by atoms with E-state index in [9.17, 15) is 0 Å². The van der Waals surface area contributed by atoms with Crippen molar-refractivity contribution in [3.63, 3.8) is 0 Å². The lowest BCUT2D eigenvalue weighted by Crippen LogP contribution is -2.17. The summed E-state index contributed by atoms with van der Waals surface area (Å²) in [6.07, 6.45) is 3.90. The number of aromatic nitrogens is 2. The smallest absolute Gasteiger partial charge is 0.0762 e. The molecule has 0 saturated heterocycles. The van der Waals surface area contributed by atoms with E-state index in [1.807, 2.05) is 41.8 Å². The molecule has 1 N–H and O–H groups in total. The molecule has 1 heterocycles. The fraction of sp³-hybridized carbons (Fsp3) is 0.500. The van der Waals surface area contributed by atoms with Crippen LogP contribution in [0.4, 0.5) is 0 Å². The Balaban J connectivity index is 2.01. The monoisotopic (exact) mass is 211 g/mol. The Bertz CT molecular complexity index is 270. The van der Waals surface area contributed by atoms with Crippen LogP contribution in [0.2, 0.25) is 0 Å². The van der Waals surface area contributed by atoms with E-state index in [-0.39, 0.29) is 0 Å². The second-order valence-corrected chi connectivity index (χ2v) is 4.17. The van der Waals surface area contributed by atoms with Gasteiger partial charge in [0.25, 0.3) is 0 Å². The number of hydrogen-bond donors (Lipinski definition) is 1. The van der Waals surface area contributed by atoms with Crippen molar-refractivity contribution in [2.75, 3.05) is 18.1 Å². The molecule has 14 heavy (non-hydrogen) atoms. The molecule has 0 amide bonds. The van der Waals surface area contributed by atoms with E-state index >= 15 is 0 Å². The van der Waals surface area contributed by atoms with E-state index in [4.69, 9.17) is 0 Å². The summed E-state index contributed by atoms with van der Waals surface area (Å²) in [5.41, 5.74) is 1.10. The van der Waals surface area contributed by atoms with Crippen LogP contribution in [0, 0.1) is 0 Å². The maximum absolute atomic E-state index is 4.28. The Kier molecular flexibility index (Phi) is 5.40. The molecule has 0 aliphatic heterocycles. The largest absolute Gasteiger partial charge is 0.310 e. The van der Waals surface area contributed by atoms with Gasteiger partial charge in [0.15, 0.2) is 0 Å². The van der Waals surface area contributed by atoms with Gasteiger partial charge in [0, 0.05) is 37.8 Å². The van der Waals surface area contributed by atoms with Crippen molar-refractivity contribution in [2.24, 2.45) is 7.05 Å². The van der Waals surface area contributed by atoms with Gasteiger partial charge in [-0.2, -0.15) is 16.9 Å². The standard InChI is InChI=1S/C10H17N3S/c1-3-7-14-8-5-11-9-10-4-6-13(2)12-10/h3-4,6,11H,1,5,7-9H2,2H3. The number of hydrogen-bond acceptors (Lipinski definition) is 3. The lowest BCUT2D eigenvalue weighted by molar-refractivity contribution is 0.680. The minimum Gasteiger partial charge on any atom is -0.310 e. The van der Waals surface area contributed by atoms with Crippen molar-refractivity contribution in [3.8, 4) is 0 Å². The van der Waals surface area contributed by atoms with Crippen molar-refractivity contribution in [1.82, 2.24) is 15.1 Å². The third-order valence-electron chi connectivity index (χ3n) is 1.73. The molecule has 0 saturated carbocycles. The van der Waals surface area contributed by atoms with Crippen molar-refractivity contribution < 1.29 is 0 Å². The van der Waals surface area contributed by atoms with Crippen LogP contribution in [0.1, 0.15) is 5.69 Å². The Morgan fingerprint density at radius 2 is 2.57 bits per heavy atom. The first-order valence-electron chi connectivity index (χ1n) is 4.71. The Hall–Kier alpha value is -0.740. The number of rotatable bonds is 7. The van der Waals surface area contributed by atoms with E-state index in [0.29, 0.717) is 0 Å². The molecule has 1 rings (SSSR count). The van der Waals surface area contributed by atoms with Crippen LogP contribution in [0.5, 0.6) is 0 Å². The van der Waals surface area contributed by atoms with Crippen LogP contribution in [0.25, 0.3) is 0 Å². The van der Waals surface area contributed by atoms with Gasteiger partial charge in [0.1, 0.15) is 0 Å². The SMILES string of the molecule is C=CCSCCNCc1ccn(C)n1. The molecular formula is C10H17N3S. The minimum absolute atomic E-state index is 0.857. The second kappa shape index (κ2) is 6.68. The van der Waals surface area contributed by atoms with Gasteiger partial charge >= 0.3 is 0 Å². The van der Waals surface area contributed by atoms with Gasteiger partial charge in [0.2, 0.25) is 0 Å². The van der Waals surface area contributed by atoms with Crippen LogP contribution >= 0.6 is 11.8 Å². The van der Waals surface area contributed by atoms with E-state index in [1.165, 1.54) is 0 Å². The zero-order valence-electron chi connectivity index (χ0n) is 8.57. The fourth-order valence-electron chi connectivity index (χ4n) is 1.08. The summed E-state index contributed by atoms with van der Waals surface area (Å²) >= 11 is 1.89. The topological polar surface area (TPSA) is 29.9 Å². The van der Waals surface area contributed by atoms with Crippen molar-refractivity contribution >= 4 is 11.8 Å². The minimum atomic E-state index is 0.857. The average molecular weight is 211 g/mol. The quantitative estimate of drug-likeness (QED) is 0.546. The first-order chi connectivity index (χ1) is 6.83. The molecule has 0 atom stereocenters. The molecule has 4 heteroatoms. The van der Waals surface area contributed by atoms with Gasteiger partial charge < -0.3 is 5.32 Å². The summed E-state index contributed by atoms with van der Waals surface area (Å²) in [6.45, 7) is 5.55. The molecule has 0 fully saturated rings. The van der Waals surface area contributed by atoms with Crippen LogP contribution in [-0.4, -0.2) is 27.8 Å². The number of aryl methyl sites for hydroxylation is 1. The normalized spacial score (nSPS) is 10.4. The maximum Gasteiger partial charge on any atom is 0.0762 e. The van der Waals surface area contributed by atoms with Crippen molar-refractivity contribution in [2.45, 2.75) is 6.54 Å². The molecular weight excluding hydrogens is 194 g/mol. The van der Waals surface area contributed by atoms with Gasteiger partial charge in [-0.15, -0.1) is 6.58 Å². The molecule has 0 aliphatic rings. The first-order valence-corrected chi connectivity index (χ1v) is 5.86. The van der Waals surface area contributed by atoms with Gasteiger partial charge in [0.05, 0.1) is 5.69 Å². The Morgan fingerprint density at radius 1 is 1.71 bits per heavy atom. The molecule has 0 aliphatic carbocycles. The molecule has 0 spiro atoms. The number of nitrogens with zero attached hydrogens (tertiary/aromatic N) is 2. The predicted octanol–water partition coefficient (Wildman–Crippen LogP) is 1.43. The Labute approximate surface area is 89.6 Å². The summed E-state index contributed by atoms with van der Waals surface area (Å²) in [5.74, 6) is 2.16. The summed E-state index contributed by atoms with van der Waals surface area (Å²) in [5, 5.41) is 7.62. The summed E-state index contributed by atoms with van der Waals surface area (Å²) in [4.78, 5) is 0.